The van der Waals surface area contributed by atoms with Crippen LogP contribution in [0.3, 0.4) is 0 Å². The van der Waals surface area contributed by atoms with Gasteiger partial charge in [-0.1, -0.05) is 54.1 Å². The molecule has 2 heterocycles. The van der Waals surface area contributed by atoms with Gasteiger partial charge in [-0.2, -0.15) is 15.4 Å². The predicted octanol–water partition coefficient (Wildman–Crippen LogP) is 4.05. The number of hydrogen-bond donors (Lipinski definition) is 3. The van der Waals surface area contributed by atoms with Crippen LogP contribution in [0.5, 0.6) is 0 Å². The first kappa shape index (κ1) is 17.1. The molecule has 2 aromatic heterocycles. The molecule has 0 aliphatic carbocycles. The van der Waals surface area contributed by atoms with Crippen molar-refractivity contribution in [2.75, 3.05) is 0 Å². The lowest BCUT2D eigenvalue weighted by Crippen LogP contribution is -2.22. The zero-order valence-corrected chi connectivity index (χ0v) is 15.0. The molecule has 0 aliphatic rings. The lowest BCUT2D eigenvalue weighted by atomic mass is 10.1. The summed E-state index contributed by atoms with van der Waals surface area (Å²) in [6.07, 6.45) is 1.74. The zero-order chi connectivity index (χ0) is 18.6. The van der Waals surface area contributed by atoms with Crippen molar-refractivity contribution in [1.82, 2.24) is 25.7 Å². The number of aromatic amines is 2. The molecule has 134 valence electrons. The van der Waals surface area contributed by atoms with E-state index in [-0.39, 0.29) is 5.91 Å². The Labute approximate surface area is 160 Å². The first-order chi connectivity index (χ1) is 13.2. The van der Waals surface area contributed by atoms with Crippen LogP contribution in [0.4, 0.5) is 0 Å². The van der Waals surface area contributed by atoms with Crippen LogP contribution in [0.15, 0.2) is 66.9 Å². The van der Waals surface area contributed by atoms with E-state index < -0.39 is 0 Å². The molecule has 6 nitrogen and oxygen atoms in total. The van der Waals surface area contributed by atoms with Crippen LogP contribution in [0.25, 0.3) is 22.5 Å². The van der Waals surface area contributed by atoms with Crippen molar-refractivity contribution in [2.45, 2.75) is 6.54 Å². The number of amides is 1. The highest BCUT2D eigenvalue weighted by molar-refractivity contribution is 6.30. The van der Waals surface area contributed by atoms with Crippen molar-refractivity contribution in [3.8, 4) is 22.5 Å². The van der Waals surface area contributed by atoms with Gasteiger partial charge in [-0.05, 0) is 23.8 Å². The first-order valence-corrected chi connectivity index (χ1v) is 8.76. The number of benzene rings is 2. The van der Waals surface area contributed by atoms with Gasteiger partial charge in [-0.15, -0.1) is 0 Å². The molecule has 0 radical (unpaired) electrons. The van der Waals surface area contributed by atoms with Crippen LogP contribution in [-0.2, 0) is 6.54 Å². The first-order valence-electron chi connectivity index (χ1n) is 8.38. The molecule has 4 aromatic rings. The van der Waals surface area contributed by atoms with Gasteiger partial charge < -0.3 is 10.3 Å². The lowest BCUT2D eigenvalue weighted by molar-refractivity contribution is 0.0946. The second kappa shape index (κ2) is 7.47. The molecular formula is C20H16ClN5O. The van der Waals surface area contributed by atoms with Gasteiger partial charge in [0.25, 0.3) is 5.91 Å². The van der Waals surface area contributed by atoms with Crippen molar-refractivity contribution in [3.05, 3.63) is 83.1 Å². The van der Waals surface area contributed by atoms with Crippen LogP contribution in [-0.4, -0.2) is 26.3 Å². The second-order valence-electron chi connectivity index (χ2n) is 6.00. The van der Waals surface area contributed by atoms with E-state index in [1.165, 1.54) is 0 Å². The van der Waals surface area contributed by atoms with Gasteiger partial charge >= 0.3 is 0 Å². The van der Waals surface area contributed by atoms with Gasteiger partial charge in [-0.25, -0.2) is 0 Å². The average molecular weight is 378 g/mol. The molecule has 0 spiro atoms. The number of aromatic nitrogens is 4. The SMILES string of the molecule is O=C(NCc1ccccc1)c1cc(-c2n[nH]nc2-c2cccc(Cl)c2)c[nH]1. The normalized spacial score (nSPS) is 10.7. The maximum Gasteiger partial charge on any atom is 0.267 e. The topological polar surface area (TPSA) is 86.5 Å². The van der Waals surface area contributed by atoms with E-state index in [4.69, 9.17) is 11.6 Å². The summed E-state index contributed by atoms with van der Waals surface area (Å²) in [6, 6.07) is 18.9. The Morgan fingerprint density at radius 2 is 1.74 bits per heavy atom. The summed E-state index contributed by atoms with van der Waals surface area (Å²) in [4.78, 5) is 15.4. The van der Waals surface area contributed by atoms with Crippen molar-refractivity contribution in [1.29, 1.82) is 0 Å². The van der Waals surface area contributed by atoms with Crippen LogP contribution >= 0.6 is 11.6 Å². The Hall–Kier alpha value is -3.38. The fraction of sp³-hybridized carbons (Fsp3) is 0.0500. The van der Waals surface area contributed by atoms with Crippen LogP contribution < -0.4 is 5.32 Å². The highest BCUT2D eigenvalue weighted by Crippen LogP contribution is 2.30. The summed E-state index contributed by atoms with van der Waals surface area (Å²) >= 11 is 6.07. The van der Waals surface area contributed by atoms with Gasteiger partial charge in [0.2, 0.25) is 0 Å². The molecule has 4 rings (SSSR count). The van der Waals surface area contributed by atoms with Crippen LogP contribution in [0.1, 0.15) is 16.1 Å². The number of hydrogen-bond acceptors (Lipinski definition) is 3. The van der Waals surface area contributed by atoms with E-state index in [0.717, 1.165) is 16.7 Å². The summed E-state index contributed by atoms with van der Waals surface area (Å²) in [7, 11) is 0. The maximum atomic E-state index is 12.4. The third-order valence-electron chi connectivity index (χ3n) is 4.14. The molecule has 1 amide bonds. The third-order valence-corrected chi connectivity index (χ3v) is 4.38. The largest absolute Gasteiger partial charge is 0.357 e. The summed E-state index contributed by atoms with van der Waals surface area (Å²) in [5, 5.41) is 14.6. The van der Waals surface area contributed by atoms with Crippen molar-refractivity contribution < 1.29 is 4.79 Å². The number of nitrogens with one attached hydrogen (secondary N) is 3. The minimum absolute atomic E-state index is 0.182. The minimum Gasteiger partial charge on any atom is -0.357 e. The van der Waals surface area contributed by atoms with Gasteiger partial charge in [0.1, 0.15) is 17.1 Å². The van der Waals surface area contributed by atoms with Crippen molar-refractivity contribution >= 4 is 17.5 Å². The lowest BCUT2D eigenvalue weighted by Gasteiger charge is -2.03. The molecule has 0 saturated heterocycles. The molecule has 27 heavy (non-hydrogen) atoms. The molecule has 0 unspecified atom stereocenters. The molecule has 7 heteroatoms. The van der Waals surface area contributed by atoms with Crippen molar-refractivity contribution in [3.63, 3.8) is 0 Å². The Morgan fingerprint density at radius 1 is 0.963 bits per heavy atom. The molecule has 0 fully saturated rings. The number of carbonyl (C=O) groups excluding carboxylic acids is 1. The van der Waals surface area contributed by atoms with E-state index in [0.29, 0.717) is 28.6 Å². The number of halogens is 1. The van der Waals surface area contributed by atoms with E-state index in [1.807, 2.05) is 48.5 Å². The molecule has 0 atom stereocenters. The average Bonchev–Trinajstić information content (AvgIpc) is 3.36. The molecule has 0 bridgehead atoms. The number of nitrogens with zero attached hydrogens (tertiary/aromatic N) is 2. The van der Waals surface area contributed by atoms with Gasteiger partial charge in [0.05, 0.1) is 0 Å². The highest BCUT2D eigenvalue weighted by atomic mass is 35.5. The molecule has 0 saturated carbocycles. The number of H-pyrrole nitrogens is 2. The smallest absolute Gasteiger partial charge is 0.267 e. The van der Waals surface area contributed by atoms with E-state index in [1.54, 1.807) is 18.3 Å². The van der Waals surface area contributed by atoms with E-state index in [2.05, 4.69) is 25.7 Å². The monoisotopic (exact) mass is 377 g/mol. The molecule has 0 aliphatic heterocycles. The fourth-order valence-corrected chi connectivity index (χ4v) is 3.00. The maximum absolute atomic E-state index is 12.4. The molecular weight excluding hydrogens is 362 g/mol. The van der Waals surface area contributed by atoms with E-state index in [9.17, 15) is 4.79 Å². The summed E-state index contributed by atoms with van der Waals surface area (Å²) in [6.45, 7) is 0.464. The molecule has 3 N–H and O–H groups in total. The van der Waals surface area contributed by atoms with Crippen LogP contribution in [0, 0.1) is 0 Å². The Balaban J connectivity index is 1.53. The second-order valence-corrected chi connectivity index (χ2v) is 6.44. The standard InChI is InChI=1S/C20H16ClN5O/c21-16-8-4-7-14(9-16)18-19(25-26-24-18)15-10-17(22-12-15)20(27)23-11-13-5-2-1-3-6-13/h1-10,12,22H,11H2,(H,23,27)(H,24,25,26). The van der Waals surface area contributed by atoms with Gasteiger partial charge in [0, 0.05) is 28.9 Å². The summed E-state index contributed by atoms with van der Waals surface area (Å²) in [5.41, 5.74) is 4.44. The highest BCUT2D eigenvalue weighted by Gasteiger charge is 2.16. The fourth-order valence-electron chi connectivity index (χ4n) is 2.80. The summed E-state index contributed by atoms with van der Waals surface area (Å²) in [5.74, 6) is -0.182. The number of rotatable bonds is 5. The summed E-state index contributed by atoms with van der Waals surface area (Å²) < 4.78 is 0. The van der Waals surface area contributed by atoms with Gasteiger partial charge in [0.15, 0.2) is 0 Å². The van der Waals surface area contributed by atoms with Crippen LogP contribution in [0.2, 0.25) is 5.02 Å². The van der Waals surface area contributed by atoms with E-state index >= 15 is 0 Å². The predicted molar refractivity (Wildman–Crippen MR) is 104 cm³/mol. The van der Waals surface area contributed by atoms with Crippen molar-refractivity contribution in [2.24, 2.45) is 0 Å². The van der Waals surface area contributed by atoms with Gasteiger partial charge in [-0.3, -0.25) is 4.79 Å². The Bertz CT molecular complexity index is 1070. The number of carbonyl (C=O) groups is 1. The minimum atomic E-state index is -0.182. The quantitative estimate of drug-likeness (QED) is 0.490. The zero-order valence-electron chi connectivity index (χ0n) is 14.2. The third kappa shape index (κ3) is 3.75. The Kier molecular flexibility index (Phi) is 4.72. The molecule has 2 aromatic carbocycles. The Morgan fingerprint density at radius 3 is 2.52 bits per heavy atom.